The number of aryl methyl sites for hydroxylation is 1. The van der Waals surface area contributed by atoms with Crippen molar-refractivity contribution in [2.75, 3.05) is 49.5 Å². The first-order valence-electron chi connectivity index (χ1n) is 12.1. The van der Waals surface area contributed by atoms with Gasteiger partial charge in [-0.05, 0) is 50.0 Å². The summed E-state index contributed by atoms with van der Waals surface area (Å²) >= 11 is 0. The molecule has 174 valence electrons. The number of fused-ring (bicyclic) bond motifs is 2. The number of nitrogens with one attached hydrogen (secondary N) is 1. The number of nitrogens with two attached hydrogens (primary N) is 1. The average molecular weight is 448 g/mol. The second-order valence-corrected chi connectivity index (χ2v) is 9.00. The van der Waals surface area contributed by atoms with Gasteiger partial charge in [0.05, 0.1) is 23.5 Å². The zero-order valence-electron chi connectivity index (χ0n) is 19.1. The van der Waals surface area contributed by atoms with Gasteiger partial charge in [-0.25, -0.2) is 4.79 Å². The van der Waals surface area contributed by atoms with Crippen molar-refractivity contribution in [2.24, 2.45) is 5.73 Å². The van der Waals surface area contributed by atoms with E-state index in [1.54, 1.807) is 0 Å². The van der Waals surface area contributed by atoms with Crippen molar-refractivity contribution in [1.82, 2.24) is 9.47 Å². The minimum atomic E-state index is -0.528. The van der Waals surface area contributed by atoms with E-state index in [0.29, 0.717) is 0 Å². The number of amides is 2. The van der Waals surface area contributed by atoms with Gasteiger partial charge in [0.25, 0.3) is 0 Å². The number of anilines is 2. The Balaban J connectivity index is 1.14. The van der Waals surface area contributed by atoms with Crippen LogP contribution in [0, 0.1) is 0 Å². The lowest BCUT2D eigenvalue weighted by Gasteiger charge is -2.25. The number of hydrogen-bond donors (Lipinski definition) is 2. The molecule has 1 fully saturated rings. The first kappa shape index (κ1) is 21.6. The number of unbranched alkanes of at least 4 members (excludes halogenated alkanes) is 1. The summed E-state index contributed by atoms with van der Waals surface area (Å²) in [5.74, 6) is 1.11. The summed E-state index contributed by atoms with van der Waals surface area (Å²) < 4.78 is 8.16. The lowest BCUT2D eigenvalue weighted by Crippen LogP contribution is -2.31. The van der Waals surface area contributed by atoms with E-state index in [9.17, 15) is 4.79 Å². The highest BCUT2D eigenvalue weighted by Gasteiger charge is 2.22. The molecule has 0 spiro atoms. The number of aromatic nitrogens is 1. The van der Waals surface area contributed by atoms with E-state index in [4.69, 9.17) is 10.5 Å². The van der Waals surface area contributed by atoms with Gasteiger partial charge >= 0.3 is 6.03 Å². The molecule has 33 heavy (non-hydrogen) atoms. The second-order valence-electron chi connectivity index (χ2n) is 9.00. The molecule has 0 atom stereocenters. The average Bonchev–Trinajstić information content (AvgIpc) is 3.35. The molecule has 5 rings (SSSR count). The summed E-state index contributed by atoms with van der Waals surface area (Å²) in [4.78, 5) is 16.4. The molecule has 0 aliphatic carbocycles. The van der Waals surface area contributed by atoms with Crippen LogP contribution in [0.15, 0.2) is 48.7 Å². The molecule has 2 amide bonds. The Morgan fingerprint density at radius 2 is 1.88 bits per heavy atom. The van der Waals surface area contributed by atoms with Crippen molar-refractivity contribution in [2.45, 2.75) is 32.2 Å². The van der Waals surface area contributed by atoms with Crippen LogP contribution in [-0.4, -0.2) is 54.8 Å². The Bertz CT molecular complexity index is 1130. The van der Waals surface area contributed by atoms with E-state index in [0.717, 1.165) is 87.5 Å². The van der Waals surface area contributed by atoms with Gasteiger partial charge in [0.2, 0.25) is 0 Å². The van der Waals surface area contributed by atoms with Crippen molar-refractivity contribution in [1.29, 1.82) is 0 Å². The van der Waals surface area contributed by atoms with Crippen LogP contribution in [-0.2, 0) is 13.0 Å². The Hall–Kier alpha value is -3.19. The van der Waals surface area contributed by atoms with Crippen LogP contribution < -0.4 is 20.7 Å². The molecule has 2 aromatic carbocycles. The van der Waals surface area contributed by atoms with Crippen molar-refractivity contribution >= 4 is 28.3 Å². The minimum Gasteiger partial charge on any atom is -0.491 e. The monoisotopic (exact) mass is 447 g/mol. The highest BCUT2D eigenvalue weighted by atomic mass is 16.5. The molecule has 0 bridgehead atoms. The third-order valence-electron chi connectivity index (χ3n) is 6.79. The molecule has 2 aliphatic rings. The number of carbonyl (C=O) groups excluding carboxylic acids is 1. The highest BCUT2D eigenvalue weighted by molar-refractivity contribution is 6.00. The molecule has 1 saturated heterocycles. The molecule has 7 nitrogen and oxygen atoms in total. The van der Waals surface area contributed by atoms with Crippen LogP contribution in [0.2, 0.25) is 0 Å². The molecule has 3 heterocycles. The van der Waals surface area contributed by atoms with Gasteiger partial charge in [-0.15, -0.1) is 0 Å². The van der Waals surface area contributed by atoms with E-state index in [1.807, 2.05) is 24.4 Å². The largest absolute Gasteiger partial charge is 0.491 e. The van der Waals surface area contributed by atoms with Crippen LogP contribution in [0.4, 0.5) is 16.2 Å². The molecular formula is C26H33N5O2. The molecule has 2 aliphatic heterocycles. The van der Waals surface area contributed by atoms with Crippen LogP contribution in [0.1, 0.15) is 24.8 Å². The standard InChI is InChI=1S/C26H33N5O2/c27-26(32)28-22-19-31(23-9-2-1-8-21(22)23)14-4-3-12-29-13-6-15-30(17-16-29)24-10-5-7-20-11-18-33-25(20)24/h1-2,5,7-10,19H,3-4,6,11-18H2,(H3,27,28,32). The number of urea groups is 1. The van der Waals surface area contributed by atoms with Gasteiger partial charge in [-0.3, -0.25) is 0 Å². The molecule has 3 aromatic rings. The SMILES string of the molecule is NC(=O)Nc1cn(CCCCN2CCCN(c3cccc4c3OCC4)CC2)c2ccccc12. The van der Waals surface area contributed by atoms with Gasteiger partial charge in [0, 0.05) is 44.2 Å². The van der Waals surface area contributed by atoms with E-state index in [2.05, 4.69) is 43.9 Å². The third-order valence-corrected chi connectivity index (χ3v) is 6.79. The third kappa shape index (κ3) is 4.78. The summed E-state index contributed by atoms with van der Waals surface area (Å²) in [6.07, 6.45) is 6.44. The predicted molar refractivity (Wildman–Crippen MR) is 133 cm³/mol. The van der Waals surface area contributed by atoms with Crippen molar-refractivity contribution in [3.8, 4) is 5.75 Å². The number of nitrogens with zero attached hydrogens (tertiary/aromatic N) is 3. The minimum absolute atomic E-state index is 0.528. The summed E-state index contributed by atoms with van der Waals surface area (Å²) in [6, 6.07) is 14.2. The maximum absolute atomic E-state index is 11.3. The molecule has 3 N–H and O–H groups in total. The number of ether oxygens (including phenoxy) is 1. The fourth-order valence-electron chi connectivity index (χ4n) is 5.16. The van der Waals surface area contributed by atoms with E-state index >= 15 is 0 Å². The topological polar surface area (TPSA) is 75.8 Å². The zero-order chi connectivity index (χ0) is 22.6. The lowest BCUT2D eigenvalue weighted by molar-refractivity contribution is 0.259. The number of para-hydroxylation sites is 2. The Labute approximate surface area is 195 Å². The number of primary amides is 1. The van der Waals surface area contributed by atoms with Gasteiger partial charge in [-0.1, -0.05) is 30.3 Å². The molecule has 1 aromatic heterocycles. The molecule has 0 radical (unpaired) electrons. The highest BCUT2D eigenvalue weighted by Crippen LogP contribution is 2.36. The number of benzene rings is 2. The van der Waals surface area contributed by atoms with Crippen LogP contribution in [0.5, 0.6) is 5.75 Å². The molecular weight excluding hydrogens is 414 g/mol. The summed E-state index contributed by atoms with van der Waals surface area (Å²) in [5, 5.41) is 3.77. The van der Waals surface area contributed by atoms with Gasteiger partial charge in [-0.2, -0.15) is 0 Å². The second kappa shape index (κ2) is 9.75. The van der Waals surface area contributed by atoms with E-state index in [1.165, 1.54) is 17.7 Å². The smallest absolute Gasteiger partial charge is 0.316 e. The fourth-order valence-corrected chi connectivity index (χ4v) is 5.16. The number of rotatable bonds is 7. The summed E-state index contributed by atoms with van der Waals surface area (Å²) in [6.45, 7) is 7.21. The quantitative estimate of drug-likeness (QED) is 0.536. The zero-order valence-corrected chi connectivity index (χ0v) is 19.1. The van der Waals surface area contributed by atoms with Gasteiger partial charge < -0.3 is 30.2 Å². The van der Waals surface area contributed by atoms with Crippen LogP contribution >= 0.6 is 0 Å². The van der Waals surface area contributed by atoms with E-state index < -0.39 is 6.03 Å². The predicted octanol–water partition coefficient (Wildman–Crippen LogP) is 4.06. The van der Waals surface area contributed by atoms with Crippen LogP contribution in [0.3, 0.4) is 0 Å². The lowest BCUT2D eigenvalue weighted by atomic mass is 10.1. The Kier molecular flexibility index (Phi) is 6.39. The summed E-state index contributed by atoms with van der Waals surface area (Å²) in [5.41, 5.74) is 9.87. The first-order chi connectivity index (χ1) is 16.2. The number of carbonyl (C=O) groups is 1. The first-order valence-corrected chi connectivity index (χ1v) is 12.1. The van der Waals surface area contributed by atoms with Gasteiger partial charge in [0.15, 0.2) is 0 Å². The maximum atomic E-state index is 11.3. The summed E-state index contributed by atoms with van der Waals surface area (Å²) in [7, 11) is 0. The fraction of sp³-hybridized carbons (Fsp3) is 0.423. The number of hydrogen-bond acceptors (Lipinski definition) is 4. The normalized spacial score (nSPS) is 16.4. The van der Waals surface area contributed by atoms with Crippen molar-refractivity contribution < 1.29 is 9.53 Å². The van der Waals surface area contributed by atoms with Crippen LogP contribution in [0.25, 0.3) is 10.9 Å². The molecule has 7 heteroatoms. The Morgan fingerprint density at radius 3 is 2.79 bits per heavy atom. The van der Waals surface area contributed by atoms with Gasteiger partial charge in [0.1, 0.15) is 5.75 Å². The van der Waals surface area contributed by atoms with E-state index in [-0.39, 0.29) is 0 Å². The Morgan fingerprint density at radius 1 is 1.00 bits per heavy atom. The molecule has 0 saturated carbocycles. The maximum Gasteiger partial charge on any atom is 0.316 e. The van der Waals surface area contributed by atoms with Crippen molar-refractivity contribution in [3.05, 3.63) is 54.2 Å². The molecule has 0 unspecified atom stereocenters. The van der Waals surface area contributed by atoms with Crippen molar-refractivity contribution in [3.63, 3.8) is 0 Å².